The van der Waals surface area contributed by atoms with Gasteiger partial charge in [0.05, 0.1) is 12.0 Å². The molecule has 0 aromatic heterocycles. The Morgan fingerprint density at radius 2 is 2.00 bits per heavy atom. The van der Waals surface area contributed by atoms with Crippen LogP contribution in [0.3, 0.4) is 0 Å². The second-order valence-electron chi connectivity index (χ2n) is 4.51. The molecule has 16 heavy (non-hydrogen) atoms. The Hall–Kier alpha value is -1.53. The number of nitrogens with one attached hydrogen (secondary N) is 1. The average molecular weight is 215 g/mol. The van der Waals surface area contributed by atoms with Crippen molar-refractivity contribution in [3.05, 3.63) is 29.8 Å². The van der Waals surface area contributed by atoms with E-state index in [4.69, 9.17) is 5.26 Å². The maximum absolute atomic E-state index is 8.85. The van der Waals surface area contributed by atoms with Gasteiger partial charge in [-0.3, -0.25) is 0 Å². The predicted molar refractivity (Wildman–Crippen MR) is 65.2 cm³/mol. The third kappa shape index (κ3) is 2.17. The molecule has 2 rings (SSSR count). The van der Waals surface area contributed by atoms with Gasteiger partial charge in [0.2, 0.25) is 0 Å². The molecule has 0 saturated carbocycles. The summed E-state index contributed by atoms with van der Waals surface area (Å²) < 4.78 is 0. The Kier molecular flexibility index (Phi) is 3.12. The summed E-state index contributed by atoms with van der Waals surface area (Å²) >= 11 is 0. The lowest BCUT2D eigenvalue weighted by molar-refractivity contribution is 0.639. The van der Waals surface area contributed by atoms with Crippen molar-refractivity contribution in [3.63, 3.8) is 0 Å². The summed E-state index contributed by atoms with van der Waals surface area (Å²) in [6.45, 7) is 0.816. The number of hydrogen-bond acceptors (Lipinski definition) is 3. The van der Waals surface area contributed by atoms with E-state index >= 15 is 0 Å². The number of hydrogen-bond donors (Lipinski definition) is 1. The van der Waals surface area contributed by atoms with Crippen LogP contribution in [-0.2, 0) is 0 Å². The molecular formula is C13H17N3. The zero-order valence-electron chi connectivity index (χ0n) is 9.77. The normalized spacial score (nSPS) is 24.1. The number of rotatable bonds is 2. The molecule has 0 bridgehead atoms. The van der Waals surface area contributed by atoms with Crippen LogP contribution in [0.15, 0.2) is 24.3 Å². The number of nitriles is 1. The fraction of sp³-hybridized carbons (Fsp3) is 0.462. The maximum Gasteiger partial charge on any atom is 0.0669 e. The van der Waals surface area contributed by atoms with E-state index in [0.717, 1.165) is 13.0 Å². The molecule has 1 aliphatic heterocycles. The maximum atomic E-state index is 8.85. The molecule has 2 unspecified atom stereocenters. The standard InChI is InChI=1S/C13H17N3/c1-16(2)12-5-3-11(4-6-12)13-7-10(8-14)9-15-13/h3-6,10,13,15H,7,9H2,1-2H3. The van der Waals surface area contributed by atoms with E-state index in [9.17, 15) is 0 Å². The van der Waals surface area contributed by atoms with E-state index in [1.165, 1.54) is 11.3 Å². The Morgan fingerprint density at radius 1 is 1.31 bits per heavy atom. The molecule has 0 aliphatic carbocycles. The van der Waals surface area contributed by atoms with Crippen molar-refractivity contribution in [1.29, 1.82) is 5.26 Å². The van der Waals surface area contributed by atoms with E-state index in [2.05, 4.69) is 40.6 Å². The third-order valence-electron chi connectivity index (χ3n) is 3.13. The first-order chi connectivity index (χ1) is 7.70. The minimum absolute atomic E-state index is 0.165. The van der Waals surface area contributed by atoms with Gasteiger partial charge in [-0.15, -0.1) is 0 Å². The van der Waals surface area contributed by atoms with Gasteiger partial charge in [-0.1, -0.05) is 12.1 Å². The number of benzene rings is 1. The largest absolute Gasteiger partial charge is 0.378 e. The van der Waals surface area contributed by atoms with Gasteiger partial charge in [0.1, 0.15) is 0 Å². The Morgan fingerprint density at radius 3 is 2.50 bits per heavy atom. The van der Waals surface area contributed by atoms with E-state index in [1.54, 1.807) is 0 Å². The van der Waals surface area contributed by atoms with Crippen LogP contribution < -0.4 is 10.2 Å². The highest BCUT2D eigenvalue weighted by Gasteiger charge is 2.24. The second-order valence-corrected chi connectivity index (χ2v) is 4.51. The van der Waals surface area contributed by atoms with Crippen molar-refractivity contribution in [2.75, 3.05) is 25.5 Å². The molecule has 0 spiro atoms. The molecule has 0 amide bonds. The number of nitrogens with zero attached hydrogens (tertiary/aromatic N) is 2. The molecular weight excluding hydrogens is 198 g/mol. The zero-order valence-corrected chi connectivity index (χ0v) is 9.77. The molecule has 84 valence electrons. The molecule has 3 nitrogen and oxygen atoms in total. The summed E-state index contributed by atoms with van der Waals surface area (Å²) in [4.78, 5) is 2.09. The lowest BCUT2D eigenvalue weighted by Gasteiger charge is -2.15. The van der Waals surface area contributed by atoms with Gasteiger partial charge in [0.25, 0.3) is 0 Å². The van der Waals surface area contributed by atoms with Gasteiger partial charge in [-0.2, -0.15) is 5.26 Å². The monoisotopic (exact) mass is 215 g/mol. The van der Waals surface area contributed by atoms with E-state index in [1.807, 2.05) is 14.1 Å². The second kappa shape index (κ2) is 4.54. The summed E-state index contributed by atoms with van der Waals surface area (Å²) in [5.41, 5.74) is 2.49. The highest BCUT2D eigenvalue weighted by molar-refractivity contribution is 5.46. The predicted octanol–water partition coefficient (Wildman–Crippen LogP) is 1.93. The van der Waals surface area contributed by atoms with Crippen LogP contribution in [0.25, 0.3) is 0 Å². The van der Waals surface area contributed by atoms with Gasteiger partial charge in [-0.25, -0.2) is 0 Å². The summed E-state index contributed by atoms with van der Waals surface area (Å²) in [6.07, 6.45) is 0.928. The molecule has 1 aromatic rings. The van der Waals surface area contributed by atoms with Gasteiger partial charge in [0.15, 0.2) is 0 Å². The quantitative estimate of drug-likeness (QED) is 0.819. The first-order valence-electron chi connectivity index (χ1n) is 5.61. The van der Waals surface area contributed by atoms with Crippen LogP contribution in [-0.4, -0.2) is 20.6 Å². The molecule has 1 fully saturated rings. The Balaban J connectivity index is 2.09. The molecule has 3 heteroatoms. The van der Waals surface area contributed by atoms with E-state index < -0.39 is 0 Å². The van der Waals surface area contributed by atoms with Crippen LogP contribution in [0.1, 0.15) is 18.0 Å². The zero-order chi connectivity index (χ0) is 11.5. The van der Waals surface area contributed by atoms with Crippen molar-refractivity contribution in [3.8, 4) is 6.07 Å². The smallest absolute Gasteiger partial charge is 0.0669 e. The topological polar surface area (TPSA) is 39.1 Å². The summed E-state index contributed by atoms with van der Waals surface area (Å²) in [6, 6.07) is 11.2. The van der Waals surface area contributed by atoms with Gasteiger partial charge < -0.3 is 10.2 Å². The van der Waals surface area contributed by atoms with Crippen LogP contribution >= 0.6 is 0 Å². The third-order valence-corrected chi connectivity index (χ3v) is 3.13. The molecule has 1 aliphatic rings. The van der Waals surface area contributed by atoms with Gasteiger partial charge in [-0.05, 0) is 24.1 Å². The molecule has 1 aromatic carbocycles. The van der Waals surface area contributed by atoms with Crippen molar-refractivity contribution < 1.29 is 0 Å². The highest BCUT2D eigenvalue weighted by Crippen LogP contribution is 2.27. The summed E-state index contributed by atoms with van der Waals surface area (Å²) in [5.74, 6) is 0.165. The van der Waals surface area contributed by atoms with Crippen LogP contribution in [0.2, 0.25) is 0 Å². The minimum atomic E-state index is 0.165. The van der Waals surface area contributed by atoms with E-state index in [-0.39, 0.29) is 5.92 Å². The van der Waals surface area contributed by atoms with Gasteiger partial charge >= 0.3 is 0 Å². The van der Waals surface area contributed by atoms with Crippen molar-refractivity contribution in [2.45, 2.75) is 12.5 Å². The molecule has 1 heterocycles. The fourth-order valence-corrected chi connectivity index (χ4v) is 2.09. The molecule has 2 atom stereocenters. The Labute approximate surface area is 96.7 Å². The van der Waals surface area contributed by atoms with E-state index in [0.29, 0.717) is 6.04 Å². The summed E-state index contributed by atoms with van der Waals surface area (Å²) in [7, 11) is 4.07. The van der Waals surface area contributed by atoms with Gasteiger partial charge in [0, 0.05) is 32.4 Å². The Bertz CT molecular complexity index is 389. The molecule has 1 N–H and O–H groups in total. The lowest BCUT2D eigenvalue weighted by atomic mass is 10.0. The lowest BCUT2D eigenvalue weighted by Crippen LogP contribution is -2.14. The minimum Gasteiger partial charge on any atom is -0.378 e. The highest BCUT2D eigenvalue weighted by atomic mass is 15.1. The van der Waals surface area contributed by atoms with Crippen molar-refractivity contribution >= 4 is 5.69 Å². The van der Waals surface area contributed by atoms with Crippen LogP contribution in [0, 0.1) is 17.2 Å². The number of anilines is 1. The van der Waals surface area contributed by atoms with Crippen LogP contribution in [0.5, 0.6) is 0 Å². The van der Waals surface area contributed by atoms with Crippen molar-refractivity contribution in [1.82, 2.24) is 5.32 Å². The first-order valence-corrected chi connectivity index (χ1v) is 5.61. The molecule has 1 saturated heterocycles. The summed E-state index contributed by atoms with van der Waals surface area (Å²) in [5, 5.41) is 12.2. The van der Waals surface area contributed by atoms with Crippen molar-refractivity contribution in [2.24, 2.45) is 5.92 Å². The van der Waals surface area contributed by atoms with Crippen LogP contribution in [0.4, 0.5) is 5.69 Å². The molecule has 0 radical (unpaired) electrons. The SMILES string of the molecule is CN(C)c1ccc(C2CC(C#N)CN2)cc1. The average Bonchev–Trinajstić information content (AvgIpc) is 2.77. The fourth-order valence-electron chi connectivity index (χ4n) is 2.09. The first kappa shape index (κ1) is 11.0.